The molecular weight excluding hydrogens is 675 g/mol. The van der Waals surface area contributed by atoms with Crippen molar-refractivity contribution in [1.82, 2.24) is 0 Å². The minimum absolute atomic E-state index is 0.196. The van der Waals surface area contributed by atoms with Gasteiger partial charge in [-0.15, -0.1) is 0 Å². The zero-order chi connectivity index (χ0) is 38.2. The lowest BCUT2D eigenvalue weighted by molar-refractivity contribution is -0.161. The van der Waals surface area contributed by atoms with Crippen LogP contribution < -0.4 is 0 Å². The van der Waals surface area contributed by atoms with Crippen molar-refractivity contribution in [3.8, 4) is 0 Å². The maximum Gasteiger partial charge on any atom is 0.469 e. The van der Waals surface area contributed by atoms with Crippen molar-refractivity contribution in [3.05, 3.63) is 60.8 Å². The quantitative estimate of drug-likeness (QED) is 0.0279. The van der Waals surface area contributed by atoms with Crippen LogP contribution in [0.3, 0.4) is 0 Å². The molecule has 0 aliphatic carbocycles. The molecule has 0 radical (unpaired) electrons. The van der Waals surface area contributed by atoms with Gasteiger partial charge in [0.15, 0.2) is 6.10 Å². The highest BCUT2D eigenvalue weighted by molar-refractivity contribution is 7.46. The highest BCUT2D eigenvalue weighted by atomic mass is 31.2. The van der Waals surface area contributed by atoms with E-state index in [0.717, 1.165) is 64.2 Å². The molecule has 0 aromatic heterocycles. The summed E-state index contributed by atoms with van der Waals surface area (Å²) in [7, 11) is -4.76. The number of carbonyl (C=O) groups is 2. The molecule has 0 aromatic rings. The van der Waals surface area contributed by atoms with Crippen molar-refractivity contribution in [2.24, 2.45) is 0 Å². The van der Waals surface area contributed by atoms with Crippen LogP contribution >= 0.6 is 7.82 Å². The fraction of sp³-hybridized carbons (Fsp3) is 0.721. The predicted octanol–water partition coefficient (Wildman–Crippen LogP) is 12.5. The van der Waals surface area contributed by atoms with E-state index < -0.39 is 32.5 Å². The van der Waals surface area contributed by atoms with Crippen LogP contribution in [0, 0.1) is 0 Å². The Morgan fingerprint density at radius 3 is 1.33 bits per heavy atom. The second-order valence-corrected chi connectivity index (χ2v) is 14.8. The van der Waals surface area contributed by atoms with Gasteiger partial charge in [0.05, 0.1) is 6.61 Å². The normalized spacial score (nSPS) is 13.1. The number of allylic oxidation sites excluding steroid dienone is 10. The second kappa shape index (κ2) is 38.5. The highest BCUT2D eigenvalue weighted by Gasteiger charge is 2.22. The van der Waals surface area contributed by atoms with Crippen molar-refractivity contribution < 1.29 is 37.9 Å². The first-order chi connectivity index (χ1) is 25.3. The van der Waals surface area contributed by atoms with Crippen molar-refractivity contribution >= 4 is 19.8 Å². The van der Waals surface area contributed by atoms with Crippen LogP contribution in [-0.4, -0.2) is 41.0 Å². The first-order valence-corrected chi connectivity index (χ1v) is 22.1. The Kier molecular flexibility index (Phi) is 36.8. The van der Waals surface area contributed by atoms with Crippen LogP contribution in [0.15, 0.2) is 60.8 Å². The van der Waals surface area contributed by atoms with Crippen LogP contribution in [0.2, 0.25) is 0 Å². The Bertz CT molecular complexity index is 1030. The zero-order valence-corrected chi connectivity index (χ0v) is 33.8. The molecular formula is C43H75O8P. The van der Waals surface area contributed by atoms with Gasteiger partial charge >= 0.3 is 19.8 Å². The van der Waals surface area contributed by atoms with Gasteiger partial charge in [0, 0.05) is 12.8 Å². The number of ether oxygens (including phenoxy) is 2. The molecule has 0 saturated heterocycles. The van der Waals surface area contributed by atoms with Crippen LogP contribution in [0.1, 0.15) is 181 Å². The Morgan fingerprint density at radius 2 is 0.865 bits per heavy atom. The summed E-state index contributed by atoms with van der Waals surface area (Å²) in [5.41, 5.74) is 0. The van der Waals surface area contributed by atoms with Gasteiger partial charge in [-0.3, -0.25) is 14.1 Å². The average molecular weight is 751 g/mol. The Labute approximate surface area is 317 Å². The van der Waals surface area contributed by atoms with E-state index in [1.807, 2.05) is 0 Å². The van der Waals surface area contributed by atoms with Crippen LogP contribution in [0.25, 0.3) is 0 Å². The topological polar surface area (TPSA) is 119 Å². The summed E-state index contributed by atoms with van der Waals surface area (Å²) in [5, 5.41) is 0. The van der Waals surface area contributed by atoms with Gasteiger partial charge in [0.25, 0.3) is 0 Å². The van der Waals surface area contributed by atoms with E-state index in [0.29, 0.717) is 12.8 Å². The Hall–Kier alpha value is -2.25. The maximum absolute atomic E-state index is 12.4. The lowest BCUT2D eigenvalue weighted by Crippen LogP contribution is -2.29. The maximum atomic E-state index is 12.4. The van der Waals surface area contributed by atoms with E-state index in [1.165, 1.54) is 77.0 Å². The molecule has 0 rings (SSSR count). The third-order valence-electron chi connectivity index (χ3n) is 8.51. The lowest BCUT2D eigenvalue weighted by atomic mass is 10.1. The van der Waals surface area contributed by atoms with Gasteiger partial charge in [0.2, 0.25) is 0 Å². The Morgan fingerprint density at radius 1 is 0.500 bits per heavy atom. The molecule has 8 nitrogen and oxygen atoms in total. The Balaban J connectivity index is 3.99. The highest BCUT2D eigenvalue weighted by Crippen LogP contribution is 2.36. The molecule has 0 spiro atoms. The number of phosphoric ester groups is 1. The van der Waals surface area contributed by atoms with Crippen molar-refractivity contribution in [1.29, 1.82) is 0 Å². The molecule has 2 N–H and O–H groups in total. The van der Waals surface area contributed by atoms with E-state index in [9.17, 15) is 14.2 Å². The molecule has 0 heterocycles. The second-order valence-electron chi connectivity index (χ2n) is 13.6. The minimum atomic E-state index is -4.76. The molecule has 0 fully saturated rings. The van der Waals surface area contributed by atoms with Crippen LogP contribution in [0.4, 0.5) is 0 Å². The van der Waals surface area contributed by atoms with E-state index in [-0.39, 0.29) is 19.4 Å². The number of hydrogen-bond acceptors (Lipinski definition) is 6. The van der Waals surface area contributed by atoms with E-state index in [4.69, 9.17) is 19.3 Å². The van der Waals surface area contributed by atoms with E-state index in [1.54, 1.807) is 0 Å². The molecule has 1 atom stereocenters. The fourth-order valence-corrected chi connectivity index (χ4v) is 5.77. The molecule has 0 saturated carbocycles. The first kappa shape index (κ1) is 49.8. The van der Waals surface area contributed by atoms with Gasteiger partial charge in [-0.1, -0.05) is 145 Å². The van der Waals surface area contributed by atoms with Crippen molar-refractivity contribution in [2.75, 3.05) is 13.2 Å². The zero-order valence-electron chi connectivity index (χ0n) is 32.9. The van der Waals surface area contributed by atoms with Crippen LogP contribution in [0.5, 0.6) is 0 Å². The number of esters is 2. The monoisotopic (exact) mass is 751 g/mol. The van der Waals surface area contributed by atoms with Crippen LogP contribution in [-0.2, 0) is 28.2 Å². The molecule has 9 heteroatoms. The predicted molar refractivity (Wildman–Crippen MR) is 216 cm³/mol. The van der Waals surface area contributed by atoms with Gasteiger partial charge < -0.3 is 19.3 Å². The van der Waals surface area contributed by atoms with Gasteiger partial charge in [-0.2, -0.15) is 0 Å². The molecule has 0 aliphatic heterocycles. The molecule has 52 heavy (non-hydrogen) atoms. The summed E-state index contributed by atoms with van der Waals surface area (Å²) in [5.74, 6) is -0.937. The summed E-state index contributed by atoms with van der Waals surface area (Å²) in [4.78, 5) is 42.8. The summed E-state index contributed by atoms with van der Waals surface area (Å²) < 4.78 is 26.3. The average Bonchev–Trinajstić information content (AvgIpc) is 3.11. The number of phosphoric acid groups is 1. The van der Waals surface area contributed by atoms with Gasteiger partial charge in [0.1, 0.15) is 6.61 Å². The summed E-state index contributed by atoms with van der Waals surface area (Å²) in [6, 6.07) is 0. The molecule has 0 unspecified atom stereocenters. The molecule has 0 aliphatic rings. The summed E-state index contributed by atoms with van der Waals surface area (Å²) in [6.45, 7) is 3.59. The number of rotatable bonds is 37. The lowest BCUT2D eigenvalue weighted by Gasteiger charge is -2.18. The number of unbranched alkanes of at least 4 members (excludes halogenated alkanes) is 17. The molecule has 0 bridgehead atoms. The molecule has 0 amide bonds. The van der Waals surface area contributed by atoms with Crippen molar-refractivity contribution in [3.63, 3.8) is 0 Å². The third-order valence-corrected chi connectivity index (χ3v) is 8.99. The first-order valence-electron chi connectivity index (χ1n) is 20.6. The largest absolute Gasteiger partial charge is 0.469 e. The summed E-state index contributed by atoms with van der Waals surface area (Å²) in [6.07, 6.45) is 48.0. The fourth-order valence-electron chi connectivity index (χ4n) is 5.41. The molecule has 0 aromatic carbocycles. The minimum Gasteiger partial charge on any atom is -0.462 e. The number of carbonyl (C=O) groups excluding carboxylic acids is 2. The van der Waals surface area contributed by atoms with Crippen molar-refractivity contribution in [2.45, 2.75) is 187 Å². The van der Waals surface area contributed by atoms with Gasteiger partial charge in [-0.05, 0) is 83.5 Å². The van der Waals surface area contributed by atoms with Gasteiger partial charge in [-0.25, -0.2) is 4.57 Å². The molecule has 300 valence electrons. The smallest absolute Gasteiger partial charge is 0.462 e. The SMILES string of the molecule is CCCCC/C=C/C/C=C/C/C=C/CCCCC(=O)OC[C@H](COP(=O)(O)O)OC(=O)CCCCCCCCCCC/C=C/C/C=C/CCCCC. The van der Waals surface area contributed by atoms with E-state index in [2.05, 4.69) is 79.1 Å². The van der Waals surface area contributed by atoms with E-state index >= 15 is 0 Å². The standard InChI is InChI=1S/C43H75O8P/c1-3-5-7-9-11-13-15-17-19-20-21-22-24-26-28-30-32-34-36-38-43(45)51-41(40-50-52(46,47)48)39-49-42(44)37-35-33-31-29-27-25-23-18-16-14-12-10-8-6-4-2/h11-14,17-19,23,27,29,41H,3-10,15-16,20-22,24-26,28,30-40H2,1-2H3,(H2,46,47,48)/b13-11+,14-12+,19-17+,23-18+,29-27+/t41-/m1/s1. The summed E-state index contributed by atoms with van der Waals surface area (Å²) >= 11 is 0. The number of hydrogen-bond donors (Lipinski definition) is 2. The third kappa shape index (κ3) is 40.5.